The zero-order chi connectivity index (χ0) is 16.1. The summed E-state index contributed by atoms with van der Waals surface area (Å²) < 4.78 is 32.2. The lowest BCUT2D eigenvalue weighted by molar-refractivity contribution is -0.671. The Labute approximate surface area is 133 Å². The highest BCUT2D eigenvalue weighted by atomic mass is 19.1. The van der Waals surface area contributed by atoms with Crippen LogP contribution < -0.4 is 5.32 Å². The van der Waals surface area contributed by atoms with Gasteiger partial charge in [0.15, 0.2) is 5.76 Å². The third kappa shape index (κ3) is 4.05. The molecule has 4 heteroatoms. The Kier molecular flexibility index (Phi) is 4.83. The van der Waals surface area contributed by atoms with Crippen LogP contribution in [0, 0.1) is 11.6 Å². The van der Waals surface area contributed by atoms with Crippen LogP contribution in [-0.2, 0) is 13.0 Å². The summed E-state index contributed by atoms with van der Waals surface area (Å²) in [5.74, 6) is 1.15. The van der Waals surface area contributed by atoms with E-state index in [1.54, 1.807) is 18.2 Å². The Hall–Kier alpha value is -2.46. The minimum Gasteiger partial charge on any atom is -0.455 e. The number of quaternary nitrogens is 1. The van der Waals surface area contributed by atoms with Crippen molar-refractivity contribution in [3.63, 3.8) is 0 Å². The largest absolute Gasteiger partial charge is 0.455 e. The Morgan fingerprint density at radius 3 is 2.43 bits per heavy atom. The molecule has 2 nitrogen and oxygen atoms in total. The van der Waals surface area contributed by atoms with Crippen LogP contribution >= 0.6 is 0 Å². The van der Waals surface area contributed by atoms with Gasteiger partial charge in [0.05, 0.1) is 6.54 Å². The molecule has 0 aliphatic rings. The van der Waals surface area contributed by atoms with Crippen LogP contribution in [0.2, 0.25) is 0 Å². The average molecular weight is 314 g/mol. The molecule has 3 aromatic rings. The summed E-state index contributed by atoms with van der Waals surface area (Å²) in [6, 6.07) is 16.9. The first-order valence-corrected chi connectivity index (χ1v) is 7.62. The molecule has 0 atom stereocenters. The highest BCUT2D eigenvalue weighted by Crippen LogP contribution is 2.21. The van der Waals surface area contributed by atoms with Gasteiger partial charge in [-0.05, 0) is 48.0 Å². The second-order valence-electron chi connectivity index (χ2n) is 5.40. The van der Waals surface area contributed by atoms with Gasteiger partial charge in [-0.1, -0.05) is 18.2 Å². The summed E-state index contributed by atoms with van der Waals surface area (Å²) in [7, 11) is 0. The van der Waals surface area contributed by atoms with Crippen molar-refractivity contribution in [2.45, 2.75) is 13.0 Å². The van der Waals surface area contributed by atoms with E-state index in [-0.39, 0.29) is 11.6 Å². The molecular formula is C19H18F2NO+. The van der Waals surface area contributed by atoms with E-state index in [0.29, 0.717) is 13.0 Å². The molecule has 3 rings (SSSR count). The first-order chi connectivity index (χ1) is 11.2. The third-order valence-electron chi connectivity index (χ3n) is 3.71. The van der Waals surface area contributed by atoms with Gasteiger partial charge in [0.2, 0.25) is 0 Å². The Bertz CT molecular complexity index is 765. The molecule has 0 aliphatic heterocycles. The maximum Gasteiger partial charge on any atom is 0.158 e. The molecule has 0 aliphatic carbocycles. The van der Waals surface area contributed by atoms with Crippen molar-refractivity contribution < 1.29 is 18.5 Å². The highest BCUT2D eigenvalue weighted by molar-refractivity contribution is 5.57. The Morgan fingerprint density at radius 1 is 0.870 bits per heavy atom. The summed E-state index contributed by atoms with van der Waals surface area (Å²) in [5, 5.41) is 2.08. The molecule has 0 spiro atoms. The molecule has 118 valence electrons. The number of hydrogen-bond acceptors (Lipinski definition) is 1. The number of benzene rings is 2. The van der Waals surface area contributed by atoms with Gasteiger partial charge in [-0.25, -0.2) is 8.78 Å². The fourth-order valence-electron chi connectivity index (χ4n) is 2.46. The Morgan fingerprint density at radius 2 is 1.65 bits per heavy atom. The van der Waals surface area contributed by atoms with Crippen LogP contribution in [0.15, 0.2) is 65.1 Å². The van der Waals surface area contributed by atoms with E-state index < -0.39 is 0 Å². The molecule has 2 aromatic carbocycles. The molecule has 0 bridgehead atoms. The topological polar surface area (TPSA) is 29.8 Å². The monoisotopic (exact) mass is 314 g/mol. The van der Waals surface area contributed by atoms with Crippen molar-refractivity contribution in [3.05, 3.63) is 83.6 Å². The van der Waals surface area contributed by atoms with Crippen LogP contribution in [0.25, 0.3) is 11.3 Å². The van der Waals surface area contributed by atoms with Crippen molar-refractivity contribution >= 4 is 0 Å². The van der Waals surface area contributed by atoms with Crippen molar-refractivity contribution in [2.24, 2.45) is 0 Å². The molecule has 0 amide bonds. The summed E-state index contributed by atoms with van der Waals surface area (Å²) in [5.41, 5.74) is 1.58. The first kappa shape index (κ1) is 15.4. The summed E-state index contributed by atoms with van der Waals surface area (Å²) in [4.78, 5) is 0. The SMILES string of the molecule is Fc1ccc(-c2ccc(C[NH2+]CCc3ccccc3F)o2)cc1. The van der Waals surface area contributed by atoms with E-state index in [0.717, 1.165) is 29.2 Å². The molecule has 2 N–H and O–H groups in total. The van der Waals surface area contributed by atoms with Crippen LogP contribution in [0.5, 0.6) is 0 Å². The smallest absolute Gasteiger partial charge is 0.158 e. The highest BCUT2D eigenvalue weighted by Gasteiger charge is 2.07. The predicted octanol–water partition coefficient (Wildman–Crippen LogP) is 3.53. The van der Waals surface area contributed by atoms with Gasteiger partial charge in [-0.2, -0.15) is 0 Å². The Balaban J connectivity index is 1.52. The van der Waals surface area contributed by atoms with E-state index >= 15 is 0 Å². The van der Waals surface area contributed by atoms with Crippen molar-refractivity contribution in [2.75, 3.05) is 6.54 Å². The first-order valence-electron chi connectivity index (χ1n) is 7.62. The lowest BCUT2D eigenvalue weighted by atomic mass is 10.1. The average Bonchev–Trinajstić information content (AvgIpc) is 3.03. The van der Waals surface area contributed by atoms with E-state index in [1.807, 2.05) is 24.3 Å². The molecule has 23 heavy (non-hydrogen) atoms. The van der Waals surface area contributed by atoms with Crippen LogP contribution in [0.1, 0.15) is 11.3 Å². The van der Waals surface area contributed by atoms with Crippen molar-refractivity contribution in [1.29, 1.82) is 0 Å². The molecular weight excluding hydrogens is 296 g/mol. The normalized spacial score (nSPS) is 10.9. The minimum atomic E-state index is -0.262. The molecule has 0 saturated heterocycles. The fraction of sp³-hybridized carbons (Fsp3) is 0.158. The summed E-state index contributed by atoms with van der Waals surface area (Å²) in [6.45, 7) is 1.48. The summed E-state index contributed by atoms with van der Waals surface area (Å²) >= 11 is 0. The molecule has 0 radical (unpaired) electrons. The minimum absolute atomic E-state index is 0.155. The van der Waals surface area contributed by atoms with Crippen LogP contribution in [0.4, 0.5) is 8.78 Å². The van der Waals surface area contributed by atoms with Gasteiger partial charge in [0.1, 0.15) is 23.9 Å². The van der Waals surface area contributed by atoms with Gasteiger partial charge >= 0.3 is 0 Å². The third-order valence-corrected chi connectivity index (χ3v) is 3.71. The second-order valence-corrected chi connectivity index (χ2v) is 5.40. The van der Waals surface area contributed by atoms with Crippen LogP contribution in [-0.4, -0.2) is 6.54 Å². The predicted molar refractivity (Wildman–Crippen MR) is 84.7 cm³/mol. The van der Waals surface area contributed by atoms with E-state index in [1.165, 1.54) is 18.2 Å². The molecule has 1 heterocycles. The summed E-state index contributed by atoms with van der Waals surface area (Å²) in [6.07, 6.45) is 0.679. The molecule has 0 unspecified atom stereocenters. The standard InChI is InChI=1S/C19H17F2NO/c20-16-7-5-15(6-8-16)19-10-9-17(23-19)13-22-12-11-14-3-1-2-4-18(14)21/h1-10,22H,11-13H2/p+1. The second kappa shape index (κ2) is 7.20. The number of halogens is 2. The number of nitrogens with two attached hydrogens (primary N) is 1. The maximum atomic E-state index is 13.5. The number of rotatable bonds is 6. The number of hydrogen-bond donors (Lipinski definition) is 1. The van der Waals surface area contributed by atoms with Crippen molar-refractivity contribution in [3.8, 4) is 11.3 Å². The molecule has 0 saturated carbocycles. The van der Waals surface area contributed by atoms with E-state index in [4.69, 9.17) is 4.42 Å². The lowest BCUT2D eigenvalue weighted by Crippen LogP contribution is -2.83. The quantitative estimate of drug-likeness (QED) is 0.693. The zero-order valence-electron chi connectivity index (χ0n) is 12.6. The number of furan rings is 1. The lowest BCUT2D eigenvalue weighted by Gasteiger charge is -2.02. The molecule has 0 fully saturated rings. The fourth-order valence-corrected chi connectivity index (χ4v) is 2.46. The van der Waals surface area contributed by atoms with Gasteiger partial charge < -0.3 is 9.73 Å². The van der Waals surface area contributed by atoms with Crippen LogP contribution in [0.3, 0.4) is 0 Å². The zero-order valence-corrected chi connectivity index (χ0v) is 12.6. The van der Waals surface area contributed by atoms with E-state index in [2.05, 4.69) is 5.32 Å². The van der Waals surface area contributed by atoms with Gasteiger partial charge in [0, 0.05) is 12.0 Å². The molecule has 1 aromatic heterocycles. The van der Waals surface area contributed by atoms with E-state index in [9.17, 15) is 8.78 Å². The van der Waals surface area contributed by atoms with Crippen molar-refractivity contribution in [1.82, 2.24) is 0 Å². The van der Waals surface area contributed by atoms with Gasteiger partial charge in [-0.3, -0.25) is 0 Å². The van der Waals surface area contributed by atoms with Gasteiger partial charge in [0.25, 0.3) is 0 Å². The van der Waals surface area contributed by atoms with Gasteiger partial charge in [-0.15, -0.1) is 0 Å². The maximum absolute atomic E-state index is 13.5.